The molecule has 0 aromatic carbocycles. The zero-order chi connectivity index (χ0) is 13.5. The summed E-state index contributed by atoms with van der Waals surface area (Å²) in [5.41, 5.74) is 5.60. The van der Waals surface area contributed by atoms with Gasteiger partial charge >= 0.3 is 5.97 Å². The lowest BCUT2D eigenvalue weighted by atomic mass is 9.94. The fraction of sp³-hybridized carbons (Fsp3) is 0.923. The second kappa shape index (κ2) is 7.71. The zero-order valence-corrected chi connectivity index (χ0v) is 11.8. The molecule has 0 amide bonds. The summed E-state index contributed by atoms with van der Waals surface area (Å²) in [7, 11) is 1.46. The van der Waals surface area contributed by atoms with Crippen LogP contribution in [-0.2, 0) is 9.53 Å². The van der Waals surface area contributed by atoms with E-state index in [0.29, 0.717) is 18.5 Å². The van der Waals surface area contributed by atoms with E-state index >= 15 is 0 Å². The number of rotatable bonds is 6. The Hall–Kier alpha value is -0.650. The van der Waals surface area contributed by atoms with Gasteiger partial charge in [-0.2, -0.15) is 0 Å². The van der Waals surface area contributed by atoms with Crippen LogP contribution < -0.4 is 11.1 Å². The van der Waals surface area contributed by atoms with Crippen molar-refractivity contribution in [1.82, 2.24) is 10.2 Å². The standard InChI is InChI=1S/C13H27N3O2/c1-10(2)7-15-12-6-11(13(17)18-3)8-16(9-12)5-4-14/h10-12,15H,4-9,14H2,1-3H3. The maximum Gasteiger partial charge on any atom is 0.310 e. The first-order valence-corrected chi connectivity index (χ1v) is 6.80. The second-order valence-electron chi connectivity index (χ2n) is 5.50. The van der Waals surface area contributed by atoms with E-state index in [9.17, 15) is 4.79 Å². The summed E-state index contributed by atoms with van der Waals surface area (Å²) in [6.07, 6.45) is 0.862. The van der Waals surface area contributed by atoms with E-state index in [0.717, 1.165) is 32.6 Å². The number of carbonyl (C=O) groups is 1. The van der Waals surface area contributed by atoms with Gasteiger partial charge in [0.05, 0.1) is 13.0 Å². The largest absolute Gasteiger partial charge is 0.469 e. The molecule has 5 heteroatoms. The first kappa shape index (κ1) is 15.4. The van der Waals surface area contributed by atoms with Gasteiger partial charge in [0.25, 0.3) is 0 Å². The number of piperidine rings is 1. The van der Waals surface area contributed by atoms with Gasteiger partial charge in [-0.15, -0.1) is 0 Å². The summed E-state index contributed by atoms with van der Waals surface area (Å²) >= 11 is 0. The Labute approximate surface area is 110 Å². The molecule has 0 aliphatic carbocycles. The van der Waals surface area contributed by atoms with Crippen LogP contribution in [0.25, 0.3) is 0 Å². The van der Waals surface area contributed by atoms with Gasteiger partial charge in [0.15, 0.2) is 0 Å². The molecule has 0 aromatic rings. The highest BCUT2D eigenvalue weighted by Crippen LogP contribution is 2.18. The van der Waals surface area contributed by atoms with Crippen LogP contribution in [0.4, 0.5) is 0 Å². The van der Waals surface area contributed by atoms with Crippen LogP contribution in [0.5, 0.6) is 0 Å². The predicted octanol–water partition coefficient (Wildman–Crippen LogP) is 0.0542. The molecule has 2 atom stereocenters. The van der Waals surface area contributed by atoms with Crippen LogP contribution in [0.3, 0.4) is 0 Å². The third-order valence-electron chi connectivity index (χ3n) is 3.32. The van der Waals surface area contributed by atoms with Crippen molar-refractivity contribution >= 4 is 5.97 Å². The third-order valence-corrected chi connectivity index (χ3v) is 3.32. The lowest BCUT2D eigenvalue weighted by Crippen LogP contribution is -2.52. The third kappa shape index (κ3) is 4.92. The number of methoxy groups -OCH3 is 1. The molecule has 106 valence electrons. The van der Waals surface area contributed by atoms with Crippen LogP contribution in [0.2, 0.25) is 0 Å². The summed E-state index contributed by atoms with van der Waals surface area (Å²) in [6.45, 7) is 8.56. The van der Waals surface area contributed by atoms with Crippen molar-refractivity contribution < 1.29 is 9.53 Å². The molecule has 1 saturated heterocycles. The molecule has 1 aliphatic heterocycles. The van der Waals surface area contributed by atoms with Crippen molar-refractivity contribution in [3.8, 4) is 0 Å². The van der Waals surface area contributed by atoms with Crippen LogP contribution >= 0.6 is 0 Å². The van der Waals surface area contributed by atoms with Gasteiger partial charge in [0.2, 0.25) is 0 Å². The lowest BCUT2D eigenvalue weighted by molar-refractivity contribution is -0.147. The summed E-state index contributed by atoms with van der Waals surface area (Å²) in [6, 6.07) is 0.358. The molecule has 1 rings (SSSR count). The highest BCUT2D eigenvalue weighted by molar-refractivity contribution is 5.72. The summed E-state index contributed by atoms with van der Waals surface area (Å²) in [5, 5.41) is 3.53. The average molecular weight is 257 g/mol. The van der Waals surface area contributed by atoms with Crippen LogP contribution in [0.1, 0.15) is 20.3 Å². The molecule has 0 bridgehead atoms. The first-order valence-electron chi connectivity index (χ1n) is 6.80. The minimum Gasteiger partial charge on any atom is -0.469 e. The Morgan fingerprint density at radius 2 is 2.22 bits per heavy atom. The van der Waals surface area contributed by atoms with E-state index < -0.39 is 0 Å². The minimum atomic E-state index is -0.104. The maximum atomic E-state index is 11.7. The van der Waals surface area contributed by atoms with Crippen LogP contribution in [0, 0.1) is 11.8 Å². The van der Waals surface area contributed by atoms with E-state index in [1.165, 1.54) is 7.11 Å². The molecule has 18 heavy (non-hydrogen) atoms. The summed E-state index contributed by atoms with van der Waals surface area (Å²) < 4.78 is 4.87. The Balaban J connectivity index is 2.53. The van der Waals surface area contributed by atoms with Crippen molar-refractivity contribution in [2.24, 2.45) is 17.6 Å². The molecule has 0 spiro atoms. The van der Waals surface area contributed by atoms with Crippen LogP contribution in [-0.4, -0.2) is 56.7 Å². The van der Waals surface area contributed by atoms with Crippen molar-refractivity contribution in [3.05, 3.63) is 0 Å². The molecule has 0 saturated carbocycles. The van der Waals surface area contributed by atoms with Gasteiger partial charge in [-0.05, 0) is 18.9 Å². The summed E-state index contributed by atoms with van der Waals surface area (Å²) in [5.74, 6) is 0.486. The summed E-state index contributed by atoms with van der Waals surface area (Å²) in [4.78, 5) is 13.9. The SMILES string of the molecule is COC(=O)C1CC(NCC(C)C)CN(CCN)C1. The van der Waals surface area contributed by atoms with Crippen molar-refractivity contribution in [2.45, 2.75) is 26.3 Å². The van der Waals surface area contributed by atoms with E-state index in [4.69, 9.17) is 10.5 Å². The van der Waals surface area contributed by atoms with Crippen LogP contribution in [0.15, 0.2) is 0 Å². The number of likely N-dealkylation sites (tertiary alicyclic amines) is 1. The molecular weight excluding hydrogens is 230 g/mol. The predicted molar refractivity (Wildman–Crippen MR) is 72.2 cm³/mol. The van der Waals surface area contributed by atoms with Gasteiger partial charge in [-0.25, -0.2) is 0 Å². The first-order chi connectivity index (χ1) is 8.56. The second-order valence-corrected chi connectivity index (χ2v) is 5.50. The average Bonchev–Trinajstić information content (AvgIpc) is 2.35. The molecule has 1 heterocycles. The molecule has 5 nitrogen and oxygen atoms in total. The number of nitrogens with zero attached hydrogens (tertiary/aromatic N) is 1. The number of nitrogens with two attached hydrogens (primary N) is 1. The van der Waals surface area contributed by atoms with Crippen molar-refractivity contribution in [3.63, 3.8) is 0 Å². The van der Waals surface area contributed by atoms with Gasteiger partial charge in [0.1, 0.15) is 0 Å². The Morgan fingerprint density at radius 3 is 2.78 bits per heavy atom. The van der Waals surface area contributed by atoms with E-state index in [1.54, 1.807) is 0 Å². The topological polar surface area (TPSA) is 67.6 Å². The van der Waals surface area contributed by atoms with E-state index in [-0.39, 0.29) is 11.9 Å². The van der Waals surface area contributed by atoms with E-state index in [2.05, 4.69) is 24.1 Å². The Bertz CT molecular complexity index is 259. The maximum absolute atomic E-state index is 11.7. The monoisotopic (exact) mass is 257 g/mol. The normalized spacial score (nSPS) is 25.4. The number of ether oxygens (including phenoxy) is 1. The number of esters is 1. The number of hydrogen-bond acceptors (Lipinski definition) is 5. The molecule has 1 aliphatic rings. The quantitative estimate of drug-likeness (QED) is 0.658. The zero-order valence-electron chi connectivity index (χ0n) is 11.8. The smallest absolute Gasteiger partial charge is 0.310 e. The number of nitrogens with one attached hydrogen (secondary N) is 1. The van der Waals surface area contributed by atoms with Crippen molar-refractivity contribution in [1.29, 1.82) is 0 Å². The Morgan fingerprint density at radius 1 is 1.50 bits per heavy atom. The molecular formula is C13H27N3O2. The fourth-order valence-electron chi connectivity index (χ4n) is 2.44. The highest BCUT2D eigenvalue weighted by atomic mass is 16.5. The molecule has 1 fully saturated rings. The van der Waals surface area contributed by atoms with Crippen molar-refractivity contribution in [2.75, 3.05) is 39.8 Å². The highest BCUT2D eigenvalue weighted by Gasteiger charge is 2.31. The number of hydrogen-bond donors (Lipinski definition) is 2. The van der Waals surface area contributed by atoms with Gasteiger partial charge in [-0.3, -0.25) is 9.69 Å². The Kier molecular flexibility index (Phi) is 6.60. The minimum absolute atomic E-state index is 0.0278. The fourth-order valence-corrected chi connectivity index (χ4v) is 2.44. The molecule has 0 radical (unpaired) electrons. The van der Waals surface area contributed by atoms with Gasteiger partial charge in [0, 0.05) is 32.2 Å². The van der Waals surface area contributed by atoms with Gasteiger partial charge in [-0.1, -0.05) is 13.8 Å². The van der Waals surface area contributed by atoms with Gasteiger partial charge < -0.3 is 15.8 Å². The molecule has 3 N–H and O–H groups in total. The lowest BCUT2D eigenvalue weighted by Gasteiger charge is -2.37. The molecule has 0 aromatic heterocycles. The number of carbonyl (C=O) groups excluding carboxylic acids is 1. The van der Waals surface area contributed by atoms with E-state index in [1.807, 2.05) is 0 Å². The molecule has 2 unspecified atom stereocenters.